The number of rotatable bonds is 24. The summed E-state index contributed by atoms with van der Waals surface area (Å²) in [5.74, 6) is 3.38. The van der Waals surface area contributed by atoms with Crippen LogP contribution < -0.4 is 26.8 Å². The lowest BCUT2D eigenvalue weighted by Crippen LogP contribution is -2.40. The van der Waals surface area contributed by atoms with Crippen molar-refractivity contribution in [3.05, 3.63) is 130 Å². The van der Waals surface area contributed by atoms with Crippen molar-refractivity contribution < 1.29 is 34.0 Å². The third-order valence-corrected chi connectivity index (χ3v) is 14.0. The van der Waals surface area contributed by atoms with Crippen molar-refractivity contribution >= 4 is 58.3 Å². The van der Waals surface area contributed by atoms with Gasteiger partial charge in [0.25, 0.3) is 5.91 Å². The molecule has 0 bridgehead atoms. The number of para-hydroxylation sites is 2. The lowest BCUT2D eigenvalue weighted by Gasteiger charge is -2.27. The number of fused-ring (bicyclic) bond motifs is 2. The molecule has 362 valence electrons. The highest BCUT2D eigenvalue weighted by Crippen LogP contribution is 2.48. The number of benzene rings is 2. The summed E-state index contributed by atoms with van der Waals surface area (Å²) in [5.41, 5.74) is 11.9. The minimum atomic E-state index is -1.08. The summed E-state index contributed by atoms with van der Waals surface area (Å²) in [6.45, 7) is 11.0. The first-order valence-electron chi connectivity index (χ1n) is 24.2. The van der Waals surface area contributed by atoms with E-state index in [1.807, 2.05) is 0 Å². The molecular formula is C54H69ClN7O6+. The summed E-state index contributed by atoms with van der Waals surface area (Å²) in [7, 11) is 0. The molecule has 3 aliphatic rings. The molecule has 0 saturated carbocycles. The van der Waals surface area contributed by atoms with Gasteiger partial charge in [0.2, 0.25) is 11.6 Å². The number of amides is 2. The van der Waals surface area contributed by atoms with Gasteiger partial charge in [0, 0.05) is 78.1 Å². The standard InChI is InChI=1S/C54H68ClN7O6/c1-53(2)40-20-9-11-23-43(40)61(34-15-5-7-25-48(63)59-42(52(67)68)22-13-14-33-57-51(66)39-29-32-47(60-56)58-36-39)45(53)30-27-37-18-17-19-38(50(37)55)28-31-46-54(3,4)41-21-10-12-24-44(41)62(46)35-16-6-8-26-49(64)65/h9-12,20-21,23-24,27-32,36,42H,5-8,13-19,22,25-26,33-35,56H2,1-4H3,(H4-,57,58,59,60,63,64,65,66,67,68)/p+1. The first-order chi connectivity index (χ1) is 32.6. The van der Waals surface area contributed by atoms with Crippen molar-refractivity contribution in [1.82, 2.24) is 15.6 Å². The van der Waals surface area contributed by atoms with Crippen molar-refractivity contribution in [2.75, 3.05) is 30.0 Å². The van der Waals surface area contributed by atoms with Gasteiger partial charge in [0.1, 0.15) is 18.4 Å². The zero-order valence-electron chi connectivity index (χ0n) is 40.1. The average Bonchev–Trinajstić information content (AvgIpc) is 3.67. The number of hydrogen-bond acceptors (Lipinski definition) is 8. The molecule has 3 aromatic rings. The normalized spacial score (nSPS) is 17.7. The summed E-state index contributed by atoms with van der Waals surface area (Å²) in [4.78, 5) is 54.8. The fourth-order valence-corrected chi connectivity index (χ4v) is 10.0. The first kappa shape index (κ1) is 51.3. The van der Waals surface area contributed by atoms with Gasteiger partial charge in [0.05, 0.1) is 11.0 Å². The quantitative estimate of drug-likeness (QED) is 0.0218. The highest BCUT2D eigenvalue weighted by Gasteiger charge is 2.44. The van der Waals surface area contributed by atoms with Gasteiger partial charge in [-0.05, 0) is 119 Å². The molecule has 0 radical (unpaired) electrons. The zero-order valence-corrected chi connectivity index (χ0v) is 40.8. The molecule has 0 spiro atoms. The predicted octanol–water partition coefficient (Wildman–Crippen LogP) is 9.96. The number of halogens is 1. The van der Waals surface area contributed by atoms with Crippen LogP contribution in [-0.2, 0) is 25.2 Å². The first-order valence-corrected chi connectivity index (χ1v) is 24.6. The number of nitrogen functional groups attached to an aromatic ring is 1. The Labute approximate surface area is 406 Å². The van der Waals surface area contributed by atoms with Crippen LogP contribution >= 0.6 is 11.6 Å². The molecule has 0 saturated heterocycles. The van der Waals surface area contributed by atoms with Crippen LogP contribution in [0.15, 0.2) is 113 Å². The highest BCUT2D eigenvalue weighted by molar-refractivity contribution is 6.32. The van der Waals surface area contributed by atoms with Crippen molar-refractivity contribution in [2.45, 2.75) is 134 Å². The monoisotopic (exact) mass is 946 g/mol. The number of anilines is 2. The maximum Gasteiger partial charge on any atom is 0.326 e. The Morgan fingerprint density at radius 1 is 0.838 bits per heavy atom. The molecule has 6 rings (SSSR count). The van der Waals surface area contributed by atoms with E-state index in [2.05, 4.69) is 131 Å². The molecule has 68 heavy (non-hydrogen) atoms. The van der Waals surface area contributed by atoms with E-state index >= 15 is 0 Å². The van der Waals surface area contributed by atoms with E-state index in [4.69, 9.17) is 22.6 Å². The number of hydrogen-bond donors (Lipinski definition) is 6. The molecule has 0 fully saturated rings. The SMILES string of the molecule is CC1(C)C(=CC=C2CCCC(C=CC3=[N+](CCCCCC(=O)O)c4ccccc4C3(C)C)=C2Cl)N(CCCCCC(=O)NC(CCCCNC(=O)c2ccc(NN)nc2)C(=O)O)c2ccccc21. The van der Waals surface area contributed by atoms with Crippen LogP contribution in [0.5, 0.6) is 0 Å². The average molecular weight is 948 g/mol. The van der Waals surface area contributed by atoms with Crippen molar-refractivity contribution in [3.63, 3.8) is 0 Å². The number of aliphatic carboxylic acids is 2. The second kappa shape index (κ2) is 23.8. The van der Waals surface area contributed by atoms with E-state index in [9.17, 15) is 24.3 Å². The molecule has 1 aliphatic carbocycles. The van der Waals surface area contributed by atoms with Crippen LogP contribution in [0.4, 0.5) is 17.2 Å². The number of nitrogens with zero attached hydrogens (tertiary/aromatic N) is 3. The Balaban J connectivity index is 1.05. The van der Waals surface area contributed by atoms with Gasteiger partial charge < -0.3 is 31.2 Å². The van der Waals surface area contributed by atoms with Crippen molar-refractivity contribution in [1.29, 1.82) is 0 Å². The molecule has 2 aromatic carbocycles. The number of aromatic nitrogens is 1. The van der Waals surface area contributed by atoms with Crippen molar-refractivity contribution in [2.24, 2.45) is 5.84 Å². The number of hydrazine groups is 1. The number of carbonyl (C=O) groups excluding carboxylic acids is 2. The van der Waals surface area contributed by atoms with Gasteiger partial charge in [-0.2, -0.15) is 4.58 Å². The summed E-state index contributed by atoms with van der Waals surface area (Å²) in [5, 5.41) is 25.2. The number of pyridine rings is 1. The van der Waals surface area contributed by atoms with Gasteiger partial charge in [-0.1, -0.05) is 80.4 Å². The second-order valence-electron chi connectivity index (χ2n) is 19.0. The molecule has 1 unspecified atom stereocenters. The molecular weight excluding hydrogens is 878 g/mol. The lowest BCUT2D eigenvalue weighted by molar-refractivity contribution is -0.438. The third kappa shape index (κ3) is 12.7. The number of unbranched alkanes of at least 4 members (excludes halogenated alkanes) is 5. The largest absolute Gasteiger partial charge is 0.481 e. The number of nitrogens with one attached hydrogen (secondary N) is 3. The van der Waals surface area contributed by atoms with Gasteiger partial charge in [0.15, 0.2) is 5.71 Å². The topological polar surface area (TPSA) is 190 Å². The van der Waals surface area contributed by atoms with Gasteiger partial charge >= 0.3 is 11.9 Å². The van der Waals surface area contributed by atoms with E-state index in [1.54, 1.807) is 12.1 Å². The maximum absolute atomic E-state index is 12.9. The minimum absolute atomic E-state index is 0.196. The number of allylic oxidation sites excluding steroid dienone is 8. The molecule has 2 amide bonds. The molecule has 1 aromatic heterocycles. The molecule has 7 N–H and O–H groups in total. The minimum Gasteiger partial charge on any atom is -0.481 e. The fraction of sp³-hybridized carbons (Fsp3) is 0.444. The Bertz CT molecular complexity index is 2470. The van der Waals surface area contributed by atoms with Gasteiger partial charge in [-0.25, -0.2) is 15.6 Å². The maximum atomic E-state index is 12.9. The molecule has 14 heteroatoms. The molecule has 3 heterocycles. The van der Waals surface area contributed by atoms with Crippen LogP contribution in [0.2, 0.25) is 0 Å². The lowest BCUT2D eigenvalue weighted by atomic mass is 9.81. The predicted molar refractivity (Wildman–Crippen MR) is 270 cm³/mol. The number of carboxylic acid groups (broad SMARTS) is 2. The Morgan fingerprint density at radius 2 is 1.57 bits per heavy atom. The van der Waals surface area contributed by atoms with E-state index < -0.39 is 18.0 Å². The Morgan fingerprint density at radius 3 is 2.31 bits per heavy atom. The number of carbonyl (C=O) groups is 4. The summed E-state index contributed by atoms with van der Waals surface area (Å²) < 4.78 is 2.40. The van der Waals surface area contributed by atoms with Crippen LogP contribution in [0, 0.1) is 0 Å². The summed E-state index contributed by atoms with van der Waals surface area (Å²) in [6, 6.07) is 19.3. The van der Waals surface area contributed by atoms with Crippen LogP contribution in [-0.4, -0.2) is 74.9 Å². The zero-order chi connectivity index (χ0) is 48.8. The van der Waals surface area contributed by atoms with Crippen LogP contribution in [0.1, 0.15) is 139 Å². The van der Waals surface area contributed by atoms with Gasteiger partial charge in [-0.3, -0.25) is 14.4 Å². The van der Waals surface area contributed by atoms with Gasteiger partial charge in [-0.15, -0.1) is 0 Å². The van der Waals surface area contributed by atoms with Crippen LogP contribution in [0.3, 0.4) is 0 Å². The second-order valence-corrected chi connectivity index (χ2v) is 19.4. The van der Waals surface area contributed by atoms with E-state index in [1.165, 1.54) is 40.1 Å². The molecule has 1 atom stereocenters. The Hall–Kier alpha value is -6.05. The van der Waals surface area contributed by atoms with E-state index in [0.29, 0.717) is 43.6 Å². The Kier molecular flexibility index (Phi) is 18.0. The smallest absolute Gasteiger partial charge is 0.326 e. The molecule has 2 aliphatic heterocycles. The number of carboxylic acids is 2. The van der Waals surface area contributed by atoms with Crippen LogP contribution in [0.25, 0.3) is 0 Å². The number of nitrogens with two attached hydrogens (primary N) is 1. The van der Waals surface area contributed by atoms with Crippen molar-refractivity contribution in [3.8, 4) is 0 Å². The van der Waals surface area contributed by atoms with E-state index in [-0.39, 0.29) is 41.9 Å². The fourth-order valence-electron chi connectivity index (χ4n) is 9.70. The third-order valence-electron chi connectivity index (χ3n) is 13.5. The highest BCUT2D eigenvalue weighted by atomic mass is 35.5. The molecule has 13 nitrogen and oxygen atoms in total. The summed E-state index contributed by atoms with van der Waals surface area (Å²) >= 11 is 7.29. The summed E-state index contributed by atoms with van der Waals surface area (Å²) in [6.07, 6.45) is 19.6. The van der Waals surface area contributed by atoms with E-state index in [0.717, 1.165) is 74.2 Å².